The van der Waals surface area contributed by atoms with Crippen LogP contribution in [0, 0.1) is 11.3 Å². The SMILES string of the molecule is CC(=O)N1C(=O)C2(C(C#N)=C(N)Oc3n[nH]c(-c4ccncc4)c32)c2ccccc21. The van der Waals surface area contributed by atoms with Crippen LogP contribution in [0.4, 0.5) is 5.69 Å². The molecule has 2 aliphatic heterocycles. The van der Waals surface area contributed by atoms with Crippen molar-refractivity contribution in [2.75, 3.05) is 4.90 Å². The van der Waals surface area contributed by atoms with Gasteiger partial charge in [0, 0.05) is 30.4 Å². The number of hydrogen-bond donors (Lipinski definition) is 2. The molecule has 1 unspecified atom stereocenters. The zero-order valence-electron chi connectivity index (χ0n) is 15.7. The predicted octanol–water partition coefficient (Wildman–Crippen LogP) is 1.74. The van der Waals surface area contributed by atoms with Gasteiger partial charge in [0.1, 0.15) is 17.1 Å². The highest BCUT2D eigenvalue weighted by Gasteiger charge is 2.61. The second-order valence-corrected chi connectivity index (χ2v) is 6.89. The molecule has 1 spiro atoms. The van der Waals surface area contributed by atoms with Gasteiger partial charge in [-0.2, -0.15) is 5.26 Å². The zero-order chi connectivity index (χ0) is 21.0. The number of anilines is 1. The van der Waals surface area contributed by atoms with E-state index in [0.717, 1.165) is 4.90 Å². The number of imide groups is 1. The number of fused-ring (bicyclic) bond motifs is 4. The molecule has 0 bridgehead atoms. The van der Waals surface area contributed by atoms with E-state index < -0.39 is 17.2 Å². The molecular weight excluding hydrogens is 384 g/mol. The number of rotatable bonds is 1. The number of carbonyl (C=O) groups is 2. The van der Waals surface area contributed by atoms with Gasteiger partial charge in [-0.3, -0.25) is 19.7 Å². The Morgan fingerprint density at radius 2 is 2.00 bits per heavy atom. The fourth-order valence-corrected chi connectivity index (χ4v) is 4.25. The summed E-state index contributed by atoms with van der Waals surface area (Å²) in [5.41, 5.74) is 6.66. The summed E-state index contributed by atoms with van der Waals surface area (Å²) in [4.78, 5) is 31.4. The highest BCUT2D eigenvalue weighted by molar-refractivity contribution is 6.26. The van der Waals surface area contributed by atoms with Crippen molar-refractivity contribution < 1.29 is 14.3 Å². The van der Waals surface area contributed by atoms with Crippen molar-refractivity contribution >= 4 is 17.5 Å². The van der Waals surface area contributed by atoms with Gasteiger partial charge in [-0.15, -0.1) is 5.10 Å². The number of nitrogens with one attached hydrogen (secondary N) is 1. The Morgan fingerprint density at radius 3 is 2.70 bits per heavy atom. The molecule has 2 aliphatic rings. The molecule has 0 radical (unpaired) electrons. The first-order chi connectivity index (χ1) is 14.5. The summed E-state index contributed by atoms with van der Waals surface area (Å²) < 4.78 is 5.60. The number of aromatic nitrogens is 3. The number of hydrogen-bond acceptors (Lipinski definition) is 7. The summed E-state index contributed by atoms with van der Waals surface area (Å²) in [5.74, 6) is -1.22. The highest BCUT2D eigenvalue weighted by atomic mass is 16.5. The minimum Gasteiger partial charge on any atom is -0.420 e. The average Bonchev–Trinajstić information content (AvgIpc) is 3.27. The van der Waals surface area contributed by atoms with Crippen molar-refractivity contribution in [2.45, 2.75) is 12.3 Å². The third kappa shape index (κ3) is 1.99. The Kier molecular flexibility index (Phi) is 3.54. The van der Waals surface area contributed by atoms with Crippen LogP contribution in [-0.4, -0.2) is 27.0 Å². The Balaban J connectivity index is 1.94. The molecule has 2 amide bonds. The first-order valence-corrected chi connectivity index (χ1v) is 9.03. The van der Waals surface area contributed by atoms with Crippen LogP contribution in [0.1, 0.15) is 18.1 Å². The van der Waals surface area contributed by atoms with Crippen LogP contribution in [0.25, 0.3) is 11.3 Å². The normalized spacial score (nSPS) is 19.3. The van der Waals surface area contributed by atoms with Gasteiger partial charge in [-0.1, -0.05) is 18.2 Å². The van der Waals surface area contributed by atoms with Crippen LogP contribution >= 0.6 is 0 Å². The number of nitriles is 1. The molecule has 0 fully saturated rings. The first-order valence-electron chi connectivity index (χ1n) is 9.03. The van der Waals surface area contributed by atoms with E-state index in [9.17, 15) is 14.9 Å². The maximum absolute atomic E-state index is 13.9. The van der Waals surface area contributed by atoms with Crippen molar-refractivity contribution in [1.29, 1.82) is 5.26 Å². The summed E-state index contributed by atoms with van der Waals surface area (Å²) in [7, 11) is 0. The lowest BCUT2D eigenvalue weighted by Gasteiger charge is -2.32. The van der Waals surface area contributed by atoms with Crippen LogP contribution in [0.5, 0.6) is 5.88 Å². The monoisotopic (exact) mass is 398 g/mol. The molecule has 1 atom stereocenters. The minimum atomic E-state index is -1.67. The highest BCUT2D eigenvalue weighted by Crippen LogP contribution is 2.56. The molecule has 30 heavy (non-hydrogen) atoms. The van der Waals surface area contributed by atoms with Crippen LogP contribution in [0.15, 0.2) is 60.2 Å². The summed E-state index contributed by atoms with van der Waals surface area (Å²) in [6.07, 6.45) is 3.20. The van der Waals surface area contributed by atoms with Gasteiger partial charge in [0.15, 0.2) is 0 Å². The smallest absolute Gasteiger partial charge is 0.254 e. The number of amides is 2. The molecule has 3 aromatic rings. The van der Waals surface area contributed by atoms with Gasteiger partial charge < -0.3 is 10.5 Å². The van der Waals surface area contributed by atoms with Crippen molar-refractivity contribution in [1.82, 2.24) is 15.2 Å². The number of aromatic amines is 1. The number of H-pyrrole nitrogens is 1. The van der Waals surface area contributed by atoms with Gasteiger partial charge in [-0.05, 0) is 18.2 Å². The number of benzene rings is 1. The van der Waals surface area contributed by atoms with Crippen molar-refractivity contribution in [2.24, 2.45) is 5.73 Å². The van der Waals surface area contributed by atoms with Crippen molar-refractivity contribution in [3.8, 4) is 23.2 Å². The van der Waals surface area contributed by atoms with Crippen LogP contribution in [0.2, 0.25) is 0 Å². The van der Waals surface area contributed by atoms with E-state index in [2.05, 4.69) is 15.2 Å². The lowest BCUT2D eigenvalue weighted by Crippen LogP contribution is -2.47. The molecule has 0 saturated carbocycles. The van der Waals surface area contributed by atoms with Gasteiger partial charge in [-0.25, -0.2) is 4.90 Å². The second kappa shape index (κ2) is 6.02. The Labute approximate surface area is 170 Å². The van der Waals surface area contributed by atoms with E-state index in [1.807, 2.05) is 6.07 Å². The Morgan fingerprint density at radius 1 is 1.27 bits per heavy atom. The molecule has 0 saturated heterocycles. The summed E-state index contributed by atoms with van der Waals surface area (Å²) in [5, 5.41) is 17.1. The Bertz CT molecular complexity index is 1300. The topological polar surface area (TPSA) is 138 Å². The molecule has 1 aromatic carbocycles. The third-order valence-corrected chi connectivity index (χ3v) is 5.40. The average molecular weight is 398 g/mol. The summed E-state index contributed by atoms with van der Waals surface area (Å²) >= 11 is 0. The molecule has 9 nitrogen and oxygen atoms in total. The maximum Gasteiger partial charge on any atom is 0.254 e. The van der Waals surface area contributed by atoms with Gasteiger partial charge in [0.2, 0.25) is 17.7 Å². The standard InChI is InChI=1S/C21H14N6O3/c1-11(28)27-15-5-3-2-4-13(15)21(20(27)29)14(10-22)18(23)30-19-16(21)17(25-26-19)12-6-8-24-9-7-12/h2-9H,23H2,1H3,(H,25,26). The quantitative estimate of drug-likeness (QED) is 0.636. The van der Waals surface area contributed by atoms with E-state index in [4.69, 9.17) is 10.5 Å². The second-order valence-electron chi connectivity index (χ2n) is 6.89. The van der Waals surface area contributed by atoms with E-state index in [0.29, 0.717) is 28.1 Å². The number of nitrogens with zero attached hydrogens (tertiary/aromatic N) is 4. The fraction of sp³-hybridized carbons (Fsp3) is 0.0952. The lowest BCUT2D eigenvalue weighted by atomic mass is 9.68. The number of ether oxygens (including phenoxy) is 1. The zero-order valence-corrected chi connectivity index (χ0v) is 15.7. The summed E-state index contributed by atoms with van der Waals surface area (Å²) in [6.45, 7) is 1.30. The van der Waals surface area contributed by atoms with E-state index in [1.165, 1.54) is 6.92 Å². The number of para-hydroxylation sites is 1. The van der Waals surface area contributed by atoms with E-state index >= 15 is 0 Å². The van der Waals surface area contributed by atoms with Crippen LogP contribution in [-0.2, 0) is 15.0 Å². The molecule has 2 aromatic heterocycles. The van der Waals surface area contributed by atoms with Crippen LogP contribution < -0.4 is 15.4 Å². The molecular formula is C21H14N6O3. The maximum atomic E-state index is 13.9. The van der Waals surface area contributed by atoms with Gasteiger partial charge >= 0.3 is 0 Å². The molecule has 9 heteroatoms. The minimum absolute atomic E-state index is 0.0758. The van der Waals surface area contributed by atoms with Crippen LogP contribution in [0.3, 0.4) is 0 Å². The first kappa shape index (κ1) is 17.6. The lowest BCUT2D eigenvalue weighted by molar-refractivity contribution is -0.126. The van der Waals surface area contributed by atoms with Crippen molar-refractivity contribution in [3.63, 3.8) is 0 Å². The molecule has 3 N–H and O–H groups in total. The third-order valence-electron chi connectivity index (χ3n) is 5.40. The largest absolute Gasteiger partial charge is 0.420 e. The van der Waals surface area contributed by atoms with Crippen molar-refractivity contribution in [3.05, 3.63) is 71.4 Å². The molecule has 5 rings (SSSR count). The van der Waals surface area contributed by atoms with Gasteiger partial charge in [0.05, 0.1) is 16.9 Å². The molecule has 0 aliphatic carbocycles. The van der Waals surface area contributed by atoms with E-state index in [-0.39, 0.29) is 17.3 Å². The fourth-order valence-electron chi connectivity index (χ4n) is 4.25. The Hall–Kier alpha value is -4.45. The predicted molar refractivity (Wildman–Crippen MR) is 105 cm³/mol. The number of nitrogens with two attached hydrogens (primary N) is 1. The number of carbonyl (C=O) groups excluding carboxylic acids is 2. The number of pyridine rings is 1. The molecule has 146 valence electrons. The van der Waals surface area contributed by atoms with E-state index in [1.54, 1.807) is 48.8 Å². The molecule has 4 heterocycles. The van der Waals surface area contributed by atoms with Gasteiger partial charge in [0.25, 0.3) is 5.91 Å². The summed E-state index contributed by atoms with van der Waals surface area (Å²) in [6, 6.07) is 12.4.